The molecule has 0 bridgehead atoms. The Morgan fingerprint density at radius 2 is 0.906 bits per heavy atom. The first-order chi connectivity index (χ1) is 15.3. The molecule has 0 unspecified atom stereocenters. The van der Waals surface area contributed by atoms with Crippen LogP contribution in [0.4, 0.5) is 0 Å². The summed E-state index contributed by atoms with van der Waals surface area (Å²) in [5.41, 5.74) is 7.22. The maximum absolute atomic E-state index is 8.90. The highest BCUT2D eigenvalue weighted by Gasteiger charge is 1.93. The van der Waals surface area contributed by atoms with Crippen LogP contribution in [0.25, 0.3) is 0 Å². The minimum atomic E-state index is 0.258. The lowest BCUT2D eigenvalue weighted by atomic mass is 10.0. The third-order valence-electron chi connectivity index (χ3n) is 5.01. The molecule has 2 nitrogen and oxygen atoms in total. The maximum Gasteiger partial charge on any atom is 0.0829 e. The fourth-order valence-electron chi connectivity index (χ4n) is 2.99. The third kappa shape index (κ3) is 26.0. The van der Waals surface area contributed by atoms with E-state index in [0.717, 1.165) is 38.5 Å². The largest absolute Gasteiger partial charge is 0.474 e. The van der Waals surface area contributed by atoms with Gasteiger partial charge < -0.3 is 9.84 Å². The Hall–Kier alpha value is -2.06. The van der Waals surface area contributed by atoms with Crippen LogP contribution in [0.5, 0.6) is 0 Å². The summed E-state index contributed by atoms with van der Waals surface area (Å²) in [4.78, 5) is 0. The minimum Gasteiger partial charge on any atom is -0.474 e. The molecule has 0 fully saturated rings. The van der Waals surface area contributed by atoms with Crippen molar-refractivity contribution in [2.24, 2.45) is 0 Å². The van der Waals surface area contributed by atoms with Crippen LogP contribution in [-0.2, 0) is 4.74 Å². The standard InChI is InChI=1S/C26H44O.C4H6O/c1-22(2)12-9-15-25(5)18-10-16-23(3)13-7-8-14-24(4)17-11-19-26(6)20-21-27;1-3-5-4-2/h12-14,18-19,27H,7-11,15-17,20-21H2,1-6H3;3-4H,1-2H2/b23-13+,24-14+,25-18+,26-19+;. The van der Waals surface area contributed by atoms with Crippen molar-refractivity contribution in [2.45, 2.75) is 99.3 Å². The summed E-state index contributed by atoms with van der Waals surface area (Å²) in [5.74, 6) is 0. The summed E-state index contributed by atoms with van der Waals surface area (Å²) in [7, 11) is 0. The number of unbranched alkanes of at least 4 members (excludes halogenated alkanes) is 1. The Bertz CT molecular complexity index is 632. The van der Waals surface area contributed by atoms with Crippen LogP contribution < -0.4 is 0 Å². The molecule has 1 N–H and O–H groups in total. The van der Waals surface area contributed by atoms with Gasteiger partial charge in [-0.15, -0.1) is 0 Å². The molecule has 182 valence electrons. The predicted octanol–water partition coefficient (Wildman–Crippen LogP) is 9.53. The van der Waals surface area contributed by atoms with Gasteiger partial charge in [0, 0.05) is 6.61 Å². The summed E-state index contributed by atoms with van der Waals surface area (Å²) in [6.45, 7) is 20.0. The van der Waals surface area contributed by atoms with Crippen molar-refractivity contribution in [2.75, 3.05) is 6.61 Å². The highest BCUT2D eigenvalue weighted by atomic mass is 16.5. The van der Waals surface area contributed by atoms with Gasteiger partial charge in [0.15, 0.2) is 0 Å². The first-order valence-electron chi connectivity index (χ1n) is 12.0. The summed E-state index contributed by atoms with van der Waals surface area (Å²) in [6.07, 6.45) is 24.4. The van der Waals surface area contributed by atoms with Crippen LogP contribution in [-0.4, -0.2) is 11.7 Å². The fourth-order valence-corrected chi connectivity index (χ4v) is 2.99. The monoisotopic (exact) mass is 442 g/mol. The molecule has 0 spiro atoms. The van der Waals surface area contributed by atoms with Crippen molar-refractivity contribution in [1.82, 2.24) is 0 Å². The van der Waals surface area contributed by atoms with E-state index in [9.17, 15) is 0 Å². The van der Waals surface area contributed by atoms with Crippen LogP contribution in [0.2, 0.25) is 0 Å². The first-order valence-corrected chi connectivity index (χ1v) is 12.0. The zero-order chi connectivity index (χ0) is 24.6. The normalized spacial score (nSPS) is 12.6. The molecule has 0 saturated heterocycles. The molecular weight excluding hydrogens is 392 g/mol. The second-order valence-corrected chi connectivity index (χ2v) is 8.62. The zero-order valence-corrected chi connectivity index (χ0v) is 21.9. The number of aliphatic hydroxyl groups excluding tert-OH is 1. The number of ether oxygens (including phenoxy) is 1. The van der Waals surface area contributed by atoms with Gasteiger partial charge in [-0.25, -0.2) is 0 Å². The van der Waals surface area contributed by atoms with E-state index in [1.54, 1.807) is 0 Å². The summed E-state index contributed by atoms with van der Waals surface area (Å²) in [6, 6.07) is 0. The molecule has 0 aromatic heterocycles. The summed E-state index contributed by atoms with van der Waals surface area (Å²) >= 11 is 0. The Labute approximate surface area is 199 Å². The molecule has 0 aliphatic rings. The summed E-state index contributed by atoms with van der Waals surface area (Å²) < 4.78 is 4.36. The van der Waals surface area contributed by atoms with Gasteiger partial charge >= 0.3 is 0 Å². The minimum absolute atomic E-state index is 0.258. The number of hydrogen-bond acceptors (Lipinski definition) is 2. The molecule has 0 aliphatic heterocycles. The van der Waals surface area contributed by atoms with Crippen LogP contribution in [0, 0.1) is 0 Å². The van der Waals surface area contributed by atoms with Gasteiger partial charge in [-0.05, 0) is 99.3 Å². The van der Waals surface area contributed by atoms with Gasteiger partial charge in [-0.1, -0.05) is 71.4 Å². The van der Waals surface area contributed by atoms with E-state index in [-0.39, 0.29) is 6.61 Å². The molecular formula is C30H50O2. The molecule has 0 amide bonds. The van der Waals surface area contributed by atoms with Crippen LogP contribution >= 0.6 is 0 Å². The van der Waals surface area contributed by atoms with Crippen LogP contribution in [0.15, 0.2) is 83.9 Å². The number of hydrogen-bond donors (Lipinski definition) is 1. The van der Waals surface area contributed by atoms with Gasteiger partial charge in [-0.3, -0.25) is 0 Å². The van der Waals surface area contributed by atoms with Crippen molar-refractivity contribution in [3.05, 3.63) is 83.9 Å². The Morgan fingerprint density at radius 3 is 1.22 bits per heavy atom. The topological polar surface area (TPSA) is 29.5 Å². The Morgan fingerprint density at radius 1 is 0.562 bits per heavy atom. The Kier molecular flexibility index (Phi) is 23.7. The number of aliphatic hydroxyl groups is 1. The second-order valence-electron chi connectivity index (χ2n) is 8.62. The molecule has 0 heterocycles. The molecule has 0 rings (SSSR count). The highest BCUT2D eigenvalue weighted by molar-refractivity contribution is 5.07. The van der Waals surface area contributed by atoms with Crippen molar-refractivity contribution in [1.29, 1.82) is 0 Å². The lowest BCUT2D eigenvalue weighted by Gasteiger charge is -2.02. The average molecular weight is 443 g/mol. The van der Waals surface area contributed by atoms with Crippen LogP contribution in [0.1, 0.15) is 99.3 Å². The van der Waals surface area contributed by atoms with Gasteiger partial charge in [0.05, 0.1) is 12.5 Å². The fraction of sp³-hybridized carbons (Fsp3) is 0.533. The smallest absolute Gasteiger partial charge is 0.0829 e. The van der Waals surface area contributed by atoms with E-state index in [2.05, 4.69) is 89.8 Å². The van der Waals surface area contributed by atoms with Crippen molar-refractivity contribution in [3.8, 4) is 0 Å². The van der Waals surface area contributed by atoms with E-state index in [1.807, 2.05) is 0 Å². The maximum atomic E-state index is 8.90. The van der Waals surface area contributed by atoms with Crippen molar-refractivity contribution < 1.29 is 9.84 Å². The Balaban J connectivity index is 0. The van der Waals surface area contributed by atoms with E-state index in [1.165, 1.54) is 59.7 Å². The average Bonchev–Trinajstić information content (AvgIpc) is 2.72. The number of allylic oxidation sites excluding steroid dienone is 9. The zero-order valence-electron chi connectivity index (χ0n) is 21.9. The van der Waals surface area contributed by atoms with Gasteiger partial charge in [0.2, 0.25) is 0 Å². The quantitative estimate of drug-likeness (QED) is 0.146. The van der Waals surface area contributed by atoms with Gasteiger partial charge in [-0.2, -0.15) is 0 Å². The SMILES string of the molecule is C=COC=C.CC(C)=CCC/C(C)=C/CC/C(C)=C/CC/C=C(\C)CC/C=C(\C)CCO. The second kappa shape index (κ2) is 23.6. The summed E-state index contributed by atoms with van der Waals surface area (Å²) in [5, 5.41) is 8.90. The molecule has 32 heavy (non-hydrogen) atoms. The van der Waals surface area contributed by atoms with Crippen molar-refractivity contribution >= 4 is 0 Å². The van der Waals surface area contributed by atoms with Gasteiger partial charge in [0.1, 0.15) is 0 Å². The van der Waals surface area contributed by atoms with Crippen molar-refractivity contribution in [3.63, 3.8) is 0 Å². The first kappa shape index (κ1) is 32.1. The van der Waals surface area contributed by atoms with E-state index in [0.29, 0.717) is 0 Å². The molecule has 0 aromatic rings. The lowest BCUT2D eigenvalue weighted by Crippen LogP contribution is -1.84. The molecule has 0 aliphatic carbocycles. The molecule has 0 radical (unpaired) electrons. The third-order valence-corrected chi connectivity index (χ3v) is 5.01. The van der Waals surface area contributed by atoms with E-state index >= 15 is 0 Å². The van der Waals surface area contributed by atoms with E-state index < -0.39 is 0 Å². The molecule has 0 saturated carbocycles. The predicted molar refractivity (Wildman–Crippen MR) is 145 cm³/mol. The molecule has 0 atom stereocenters. The lowest BCUT2D eigenvalue weighted by molar-refractivity contribution is 0.299. The highest BCUT2D eigenvalue weighted by Crippen LogP contribution is 2.13. The van der Waals surface area contributed by atoms with Gasteiger partial charge in [0.25, 0.3) is 0 Å². The van der Waals surface area contributed by atoms with Crippen LogP contribution in [0.3, 0.4) is 0 Å². The number of rotatable bonds is 16. The molecule has 0 aromatic carbocycles. The molecule has 2 heteroatoms. The van der Waals surface area contributed by atoms with E-state index in [4.69, 9.17) is 5.11 Å².